The van der Waals surface area contributed by atoms with Crippen LogP contribution in [0.25, 0.3) is 10.9 Å². The first-order valence-corrected chi connectivity index (χ1v) is 12.6. The molecular formula is C25H31N7S. The molecule has 33 heavy (non-hydrogen) atoms. The van der Waals surface area contributed by atoms with Gasteiger partial charge in [0.1, 0.15) is 16.9 Å². The Morgan fingerprint density at radius 1 is 1.06 bits per heavy atom. The number of hydrogen-bond acceptors (Lipinski definition) is 8. The van der Waals surface area contributed by atoms with Gasteiger partial charge in [-0.25, -0.2) is 9.97 Å². The Bertz CT molecular complexity index is 1130. The number of nitrogens with one attached hydrogen (secondary N) is 2. The van der Waals surface area contributed by atoms with Gasteiger partial charge in [0.15, 0.2) is 0 Å². The highest BCUT2D eigenvalue weighted by Crippen LogP contribution is 2.28. The molecule has 7 nitrogen and oxygen atoms in total. The van der Waals surface area contributed by atoms with Gasteiger partial charge in [-0.1, -0.05) is 12.1 Å². The lowest BCUT2D eigenvalue weighted by atomic mass is 9.86. The van der Waals surface area contributed by atoms with Gasteiger partial charge in [-0.2, -0.15) is 10.2 Å². The lowest BCUT2D eigenvalue weighted by molar-refractivity contribution is 0.323. The number of pyridine rings is 1. The predicted octanol–water partition coefficient (Wildman–Crippen LogP) is 4.44. The smallest absolute Gasteiger partial charge is 0.225 e. The number of fused-ring (bicyclic) bond motifs is 1. The Labute approximate surface area is 200 Å². The van der Waals surface area contributed by atoms with Crippen LogP contribution >= 0.6 is 11.8 Å². The van der Waals surface area contributed by atoms with Crippen LogP contribution in [0.15, 0.2) is 41.4 Å². The van der Waals surface area contributed by atoms with Gasteiger partial charge in [-0.15, -0.1) is 11.8 Å². The predicted molar refractivity (Wildman–Crippen MR) is 136 cm³/mol. The Balaban J connectivity index is 1.28. The number of para-hydroxylation sites is 1. The average molecular weight is 462 g/mol. The van der Waals surface area contributed by atoms with Crippen LogP contribution < -0.4 is 15.5 Å². The van der Waals surface area contributed by atoms with Crippen molar-refractivity contribution in [2.75, 3.05) is 37.1 Å². The molecule has 1 saturated carbocycles. The van der Waals surface area contributed by atoms with Gasteiger partial charge in [0, 0.05) is 32.1 Å². The molecule has 0 bridgehead atoms. The molecule has 1 fully saturated rings. The summed E-state index contributed by atoms with van der Waals surface area (Å²) in [6.45, 7) is 1.72. The van der Waals surface area contributed by atoms with E-state index in [2.05, 4.69) is 27.8 Å². The molecule has 0 atom stereocenters. The van der Waals surface area contributed by atoms with Crippen molar-refractivity contribution in [3.63, 3.8) is 0 Å². The molecule has 2 heterocycles. The van der Waals surface area contributed by atoms with E-state index in [0.717, 1.165) is 59.3 Å². The summed E-state index contributed by atoms with van der Waals surface area (Å²) in [4.78, 5) is 16.2. The van der Waals surface area contributed by atoms with Gasteiger partial charge in [-0.05, 0) is 68.7 Å². The number of hydrogen-bond donors (Lipinski definition) is 2. The normalized spacial score (nSPS) is 18.1. The molecule has 3 aromatic rings. The van der Waals surface area contributed by atoms with Crippen molar-refractivity contribution in [3.05, 3.63) is 47.7 Å². The van der Waals surface area contributed by atoms with Crippen molar-refractivity contribution >= 4 is 34.4 Å². The van der Waals surface area contributed by atoms with Crippen molar-refractivity contribution < 1.29 is 0 Å². The first-order valence-electron chi connectivity index (χ1n) is 11.4. The largest absolute Gasteiger partial charge is 0.362 e. The molecule has 0 radical (unpaired) electrons. The van der Waals surface area contributed by atoms with Crippen molar-refractivity contribution in [1.29, 1.82) is 5.26 Å². The minimum absolute atomic E-state index is 0.404. The lowest BCUT2D eigenvalue weighted by Crippen LogP contribution is -2.31. The van der Waals surface area contributed by atoms with Gasteiger partial charge < -0.3 is 15.5 Å². The summed E-state index contributed by atoms with van der Waals surface area (Å²) < 4.78 is 0. The van der Waals surface area contributed by atoms with Gasteiger partial charge in [0.25, 0.3) is 0 Å². The van der Waals surface area contributed by atoms with Crippen LogP contribution in [-0.4, -0.2) is 47.9 Å². The van der Waals surface area contributed by atoms with Crippen LogP contribution in [-0.2, 0) is 6.54 Å². The van der Waals surface area contributed by atoms with E-state index in [1.807, 2.05) is 55.6 Å². The van der Waals surface area contributed by atoms with Gasteiger partial charge in [0.05, 0.1) is 16.8 Å². The molecule has 4 rings (SSSR count). The molecule has 1 aliphatic carbocycles. The standard InChI is InChI=1S/C25H31N7S/c1-32(2)23-21-6-4-5-7-22(21)30-25(31-23)29-19-11-8-17(9-12-19)15-27-16-20-13-10-18(14-26)24(28-20)33-3/h4-7,10,13,17,19,27H,8-9,11-12,15-16H2,1-3H3,(H,29,30,31). The van der Waals surface area contributed by atoms with Crippen LogP contribution in [0.3, 0.4) is 0 Å². The Kier molecular flexibility index (Phi) is 7.63. The summed E-state index contributed by atoms with van der Waals surface area (Å²) in [5.74, 6) is 2.33. The highest BCUT2D eigenvalue weighted by molar-refractivity contribution is 7.98. The summed E-state index contributed by atoms with van der Waals surface area (Å²) in [6.07, 6.45) is 6.54. The van der Waals surface area contributed by atoms with Crippen molar-refractivity contribution in [2.24, 2.45) is 5.92 Å². The Hall–Kier alpha value is -2.89. The monoisotopic (exact) mass is 461 g/mol. The minimum atomic E-state index is 0.404. The summed E-state index contributed by atoms with van der Waals surface area (Å²) >= 11 is 1.52. The molecule has 0 saturated heterocycles. The third-order valence-electron chi connectivity index (χ3n) is 6.16. The molecule has 0 spiro atoms. The SMILES string of the molecule is CSc1nc(CNCC2CCC(Nc3nc(N(C)C)c4ccccc4n3)CC2)ccc1C#N. The number of nitriles is 1. The Morgan fingerprint density at radius 2 is 1.85 bits per heavy atom. The van der Waals surface area contributed by atoms with E-state index in [4.69, 9.17) is 15.2 Å². The first kappa shape index (κ1) is 23.3. The van der Waals surface area contributed by atoms with E-state index in [1.54, 1.807) is 0 Å². The van der Waals surface area contributed by atoms with E-state index in [9.17, 15) is 0 Å². The maximum atomic E-state index is 9.15. The fraction of sp³-hybridized carbons (Fsp3) is 0.440. The number of nitrogens with zero attached hydrogens (tertiary/aromatic N) is 5. The summed E-state index contributed by atoms with van der Waals surface area (Å²) in [6, 6.07) is 14.6. The zero-order valence-corrected chi connectivity index (χ0v) is 20.3. The van der Waals surface area contributed by atoms with Crippen LogP contribution in [0.4, 0.5) is 11.8 Å². The van der Waals surface area contributed by atoms with Gasteiger partial charge >= 0.3 is 0 Å². The topological polar surface area (TPSA) is 89.8 Å². The van der Waals surface area contributed by atoms with Gasteiger partial charge in [-0.3, -0.25) is 0 Å². The van der Waals surface area contributed by atoms with Crippen LogP contribution in [0, 0.1) is 17.2 Å². The molecule has 8 heteroatoms. The average Bonchev–Trinajstić information content (AvgIpc) is 2.84. The lowest BCUT2D eigenvalue weighted by Gasteiger charge is -2.29. The quantitative estimate of drug-likeness (QED) is 0.476. The second kappa shape index (κ2) is 10.8. The van der Waals surface area contributed by atoms with E-state index in [1.165, 1.54) is 24.6 Å². The molecule has 172 valence electrons. The van der Waals surface area contributed by atoms with Crippen LogP contribution in [0.2, 0.25) is 0 Å². The minimum Gasteiger partial charge on any atom is -0.362 e. The van der Waals surface area contributed by atoms with Crippen LogP contribution in [0.1, 0.15) is 36.9 Å². The third-order valence-corrected chi connectivity index (χ3v) is 6.86. The molecule has 2 N–H and O–H groups in total. The maximum Gasteiger partial charge on any atom is 0.225 e. The van der Waals surface area contributed by atoms with Crippen LogP contribution in [0.5, 0.6) is 0 Å². The van der Waals surface area contributed by atoms with Crippen molar-refractivity contribution in [2.45, 2.75) is 43.3 Å². The third kappa shape index (κ3) is 5.73. The zero-order valence-electron chi connectivity index (χ0n) is 19.5. The molecule has 0 amide bonds. The molecule has 0 aliphatic heterocycles. The zero-order chi connectivity index (χ0) is 23.2. The Morgan fingerprint density at radius 3 is 2.58 bits per heavy atom. The highest BCUT2D eigenvalue weighted by atomic mass is 32.2. The van der Waals surface area contributed by atoms with E-state index in [0.29, 0.717) is 17.5 Å². The summed E-state index contributed by atoms with van der Waals surface area (Å²) in [5.41, 5.74) is 2.60. The molecule has 2 aromatic heterocycles. The second-order valence-corrected chi connectivity index (χ2v) is 9.54. The summed E-state index contributed by atoms with van der Waals surface area (Å²) in [7, 11) is 4.04. The number of rotatable bonds is 8. The van der Waals surface area contributed by atoms with Crippen molar-refractivity contribution in [1.82, 2.24) is 20.3 Å². The first-order chi connectivity index (χ1) is 16.1. The fourth-order valence-electron chi connectivity index (χ4n) is 4.38. The summed E-state index contributed by atoms with van der Waals surface area (Å²) in [5, 5.41) is 18.2. The van der Waals surface area contributed by atoms with E-state index >= 15 is 0 Å². The van der Waals surface area contributed by atoms with E-state index < -0.39 is 0 Å². The van der Waals surface area contributed by atoms with Gasteiger partial charge in [0.2, 0.25) is 5.95 Å². The molecule has 0 unspecified atom stereocenters. The highest BCUT2D eigenvalue weighted by Gasteiger charge is 2.22. The molecule has 1 aromatic carbocycles. The maximum absolute atomic E-state index is 9.15. The fourth-order valence-corrected chi connectivity index (χ4v) is 4.92. The second-order valence-electron chi connectivity index (χ2n) is 8.75. The van der Waals surface area contributed by atoms with E-state index in [-0.39, 0.29) is 0 Å². The number of thioether (sulfide) groups is 1. The van der Waals surface area contributed by atoms with Crippen molar-refractivity contribution in [3.8, 4) is 6.07 Å². The number of benzene rings is 1. The molecular weight excluding hydrogens is 430 g/mol. The molecule has 1 aliphatic rings. The number of anilines is 2. The number of aromatic nitrogens is 3.